The van der Waals surface area contributed by atoms with E-state index in [2.05, 4.69) is 15.4 Å². The van der Waals surface area contributed by atoms with Crippen LogP contribution >= 0.6 is 11.3 Å². The molecule has 0 aliphatic heterocycles. The smallest absolute Gasteiger partial charge is 0.220 e. The third-order valence-electron chi connectivity index (χ3n) is 3.74. The SMILES string of the molecule is COc1ccc(CCC(=O)NCCc2csc(-n3cccn3)n2)cc1. The Morgan fingerprint density at radius 3 is 2.84 bits per heavy atom. The van der Waals surface area contributed by atoms with Gasteiger partial charge < -0.3 is 10.1 Å². The number of benzene rings is 1. The number of nitrogens with zero attached hydrogens (tertiary/aromatic N) is 3. The molecule has 3 aromatic rings. The van der Waals surface area contributed by atoms with Crippen LogP contribution in [0.4, 0.5) is 0 Å². The normalized spacial score (nSPS) is 10.6. The molecule has 0 saturated carbocycles. The molecule has 0 aliphatic carbocycles. The highest BCUT2D eigenvalue weighted by atomic mass is 32.1. The van der Waals surface area contributed by atoms with Crippen LogP contribution in [0.25, 0.3) is 5.13 Å². The monoisotopic (exact) mass is 356 g/mol. The van der Waals surface area contributed by atoms with E-state index >= 15 is 0 Å². The third kappa shape index (κ3) is 4.90. The van der Waals surface area contributed by atoms with E-state index in [9.17, 15) is 4.79 Å². The van der Waals surface area contributed by atoms with E-state index in [0.29, 0.717) is 19.4 Å². The molecular weight excluding hydrogens is 336 g/mol. The van der Waals surface area contributed by atoms with Crippen molar-refractivity contribution in [3.63, 3.8) is 0 Å². The fraction of sp³-hybridized carbons (Fsp3) is 0.278. The van der Waals surface area contributed by atoms with Gasteiger partial charge in [0.15, 0.2) is 0 Å². The number of aromatic nitrogens is 3. The summed E-state index contributed by atoms with van der Waals surface area (Å²) in [6, 6.07) is 9.65. The van der Waals surface area contributed by atoms with E-state index in [0.717, 1.165) is 28.6 Å². The summed E-state index contributed by atoms with van der Waals surface area (Å²) in [6.45, 7) is 0.587. The molecule has 1 aromatic carbocycles. The minimum Gasteiger partial charge on any atom is -0.497 e. The molecule has 0 spiro atoms. The highest BCUT2D eigenvalue weighted by molar-refractivity contribution is 7.12. The van der Waals surface area contributed by atoms with Gasteiger partial charge in [-0.05, 0) is 30.2 Å². The number of hydrogen-bond acceptors (Lipinski definition) is 5. The first-order valence-electron chi connectivity index (χ1n) is 8.08. The van der Waals surface area contributed by atoms with Crippen molar-refractivity contribution in [3.05, 3.63) is 59.4 Å². The highest BCUT2D eigenvalue weighted by Gasteiger charge is 2.06. The molecule has 0 atom stereocenters. The maximum absolute atomic E-state index is 12.0. The van der Waals surface area contributed by atoms with Crippen LogP contribution in [0, 0.1) is 0 Å². The van der Waals surface area contributed by atoms with Crippen molar-refractivity contribution in [2.45, 2.75) is 19.3 Å². The average Bonchev–Trinajstić information content (AvgIpc) is 3.32. The van der Waals surface area contributed by atoms with Crippen LogP contribution in [0.15, 0.2) is 48.1 Å². The zero-order valence-electron chi connectivity index (χ0n) is 14.0. The van der Waals surface area contributed by atoms with Crippen molar-refractivity contribution < 1.29 is 9.53 Å². The second-order valence-corrected chi connectivity index (χ2v) is 6.36. The summed E-state index contributed by atoms with van der Waals surface area (Å²) in [5.41, 5.74) is 2.09. The predicted molar refractivity (Wildman–Crippen MR) is 97.3 cm³/mol. The molecular formula is C18H20N4O2S. The van der Waals surface area contributed by atoms with Gasteiger partial charge in [0, 0.05) is 37.2 Å². The van der Waals surface area contributed by atoms with E-state index in [4.69, 9.17) is 4.74 Å². The van der Waals surface area contributed by atoms with Gasteiger partial charge in [0.25, 0.3) is 0 Å². The fourth-order valence-corrected chi connectivity index (χ4v) is 3.16. The zero-order chi connectivity index (χ0) is 17.5. The number of rotatable bonds is 8. The number of nitrogens with one attached hydrogen (secondary N) is 1. The Hall–Kier alpha value is -2.67. The van der Waals surface area contributed by atoms with Crippen LogP contribution in [-0.4, -0.2) is 34.3 Å². The van der Waals surface area contributed by atoms with Gasteiger partial charge in [0.2, 0.25) is 11.0 Å². The van der Waals surface area contributed by atoms with Gasteiger partial charge >= 0.3 is 0 Å². The molecule has 6 nitrogen and oxygen atoms in total. The molecule has 0 radical (unpaired) electrons. The summed E-state index contributed by atoms with van der Waals surface area (Å²) in [5.74, 6) is 0.879. The zero-order valence-corrected chi connectivity index (χ0v) is 14.8. The largest absolute Gasteiger partial charge is 0.497 e. The van der Waals surface area contributed by atoms with Gasteiger partial charge in [0.05, 0.1) is 12.8 Å². The Labute approximate surface area is 150 Å². The first-order valence-corrected chi connectivity index (χ1v) is 8.96. The van der Waals surface area contributed by atoms with Gasteiger partial charge in [0.1, 0.15) is 5.75 Å². The molecule has 1 N–H and O–H groups in total. The Balaban J connectivity index is 1.39. The van der Waals surface area contributed by atoms with Crippen molar-refractivity contribution >= 4 is 17.2 Å². The van der Waals surface area contributed by atoms with Gasteiger partial charge in [-0.25, -0.2) is 9.67 Å². The Morgan fingerprint density at radius 1 is 1.28 bits per heavy atom. The maximum atomic E-state index is 12.0. The minimum atomic E-state index is 0.0540. The third-order valence-corrected chi connectivity index (χ3v) is 4.62. The number of thiazole rings is 1. The summed E-state index contributed by atoms with van der Waals surface area (Å²) in [4.78, 5) is 16.5. The summed E-state index contributed by atoms with van der Waals surface area (Å²) in [5, 5.41) is 9.95. The van der Waals surface area contributed by atoms with Crippen LogP contribution in [0.2, 0.25) is 0 Å². The first-order chi connectivity index (χ1) is 12.2. The number of hydrogen-bond donors (Lipinski definition) is 1. The average molecular weight is 356 g/mol. The quantitative estimate of drug-likeness (QED) is 0.674. The van der Waals surface area contributed by atoms with Gasteiger partial charge in [-0.1, -0.05) is 12.1 Å². The second-order valence-electron chi connectivity index (χ2n) is 5.52. The lowest BCUT2D eigenvalue weighted by molar-refractivity contribution is -0.121. The molecule has 2 heterocycles. The van der Waals surface area contributed by atoms with Crippen molar-refractivity contribution in [1.29, 1.82) is 0 Å². The molecule has 0 fully saturated rings. The van der Waals surface area contributed by atoms with Crippen molar-refractivity contribution in [1.82, 2.24) is 20.1 Å². The molecule has 2 aromatic heterocycles. The van der Waals surface area contributed by atoms with Gasteiger partial charge in [-0.2, -0.15) is 5.10 Å². The van der Waals surface area contributed by atoms with E-state index in [1.54, 1.807) is 29.3 Å². The number of amides is 1. The Morgan fingerprint density at radius 2 is 2.12 bits per heavy atom. The lowest BCUT2D eigenvalue weighted by atomic mass is 10.1. The standard InChI is InChI=1S/C18H20N4O2S/c1-24-16-6-3-14(4-7-16)5-8-17(23)19-11-9-15-13-25-18(21-15)22-12-2-10-20-22/h2-4,6-7,10,12-13H,5,8-9,11H2,1H3,(H,19,23). The Bertz CT molecular complexity index is 797. The van der Waals surface area contributed by atoms with Crippen LogP contribution in [-0.2, 0) is 17.6 Å². The van der Waals surface area contributed by atoms with E-state index in [-0.39, 0.29) is 5.91 Å². The van der Waals surface area contributed by atoms with Gasteiger partial charge in [-0.15, -0.1) is 11.3 Å². The number of carbonyl (C=O) groups excluding carboxylic acids is 1. The number of ether oxygens (including phenoxy) is 1. The fourth-order valence-electron chi connectivity index (χ4n) is 2.37. The van der Waals surface area contributed by atoms with Gasteiger partial charge in [-0.3, -0.25) is 4.79 Å². The van der Waals surface area contributed by atoms with Crippen LogP contribution in [0.5, 0.6) is 5.75 Å². The van der Waals surface area contributed by atoms with Crippen LogP contribution in [0.1, 0.15) is 17.7 Å². The van der Waals surface area contributed by atoms with Crippen molar-refractivity contribution in [2.24, 2.45) is 0 Å². The van der Waals surface area contributed by atoms with Crippen LogP contribution < -0.4 is 10.1 Å². The Kier molecular flexibility index (Phi) is 5.79. The lowest BCUT2D eigenvalue weighted by Crippen LogP contribution is -2.25. The van der Waals surface area contributed by atoms with Crippen molar-refractivity contribution in [3.8, 4) is 10.9 Å². The first kappa shape index (κ1) is 17.2. The van der Waals surface area contributed by atoms with Crippen LogP contribution in [0.3, 0.4) is 0 Å². The maximum Gasteiger partial charge on any atom is 0.220 e. The molecule has 7 heteroatoms. The van der Waals surface area contributed by atoms with E-state index < -0.39 is 0 Å². The van der Waals surface area contributed by atoms with E-state index in [1.165, 1.54) is 0 Å². The summed E-state index contributed by atoms with van der Waals surface area (Å²) in [7, 11) is 1.64. The molecule has 0 saturated heterocycles. The number of carbonyl (C=O) groups is 1. The molecule has 130 valence electrons. The minimum absolute atomic E-state index is 0.0540. The molecule has 0 unspecified atom stereocenters. The number of aryl methyl sites for hydroxylation is 1. The topological polar surface area (TPSA) is 69.0 Å². The van der Waals surface area contributed by atoms with E-state index in [1.807, 2.05) is 41.9 Å². The van der Waals surface area contributed by atoms with Crippen molar-refractivity contribution in [2.75, 3.05) is 13.7 Å². The molecule has 25 heavy (non-hydrogen) atoms. The summed E-state index contributed by atoms with van der Waals surface area (Å²) < 4.78 is 6.86. The molecule has 0 bridgehead atoms. The molecule has 0 aliphatic rings. The second kappa shape index (κ2) is 8.43. The summed E-state index contributed by atoms with van der Waals surface area (Å²) >= 11 is 1.54. The highest BCUT2D eigenvalue weighted by Crippen LogP contribution is 2.14. The predicted octanol–water partition coefficient (Wildman–Crippen LogP) is 2.63. The number of methoxy groups -OCH3 is 1. The molecule has 3 rings (SSSR count). The lowest BCUT2D eigenvalue weighted by Gasteiger charge is -2.05. The molecule has 1 amide bonds. The summed E-state index contributed by atoms with van der Waals surface area (Å²) in [6.07, 6.45) is 5.50.